The normalized spacial score (nSPS) is 10.6. The molecule has 0 saturated carbocycles. The standard InChI is InChI=1S/C22H16Cl2N2O4/c1-29-17-8-5-15(6-9-17)22(28)30-18-4-2-3-14(11-18)13-25-26-21(27)16-7-10-19(23)20(24)12-16/h2-13H,1H3,(H,26,27)/b25-13+. The van der Waals surface area contributed by atoms with Crippen molar-refractivity contribution in [3.05, 3.63) is 93.5 Å². The lowest BCUT2D eigenvalue weighted by molar-refractivity contribution is 0.0734. The number of nitrogens with one attached hydrogen (secondary N) is 1. The van der Waals surface area contributed by atoms with Gasteiger partial charge in [0.1, 0.15) is 11.5 Å². The van der Waals surface area contributed by atoms with E-state index in [4.69, 9.17) is 32.7 Å². The van der Waals surface area contributed by atoms with E-state index in [2.05, 4.69) is 10.5 Å². The first-order chi connectivity index (χ1) is 14.5. The zero-order valence-electron chi connectivity index (χ0n) is 15.8. The molecule has 0 radical (unpaired) electrons. The molecule has 1 N–H and O–H groups in total. The molecule has 6 nitrogen and oxygen atoms in total. The number of hydrogen-bond acceptors (Lipinski definition) is 5. The summed E-state index contributed by atoms with van der Waals surface area (Å²) in [6, 6.07) is 17.8. The number of nitrogens with zero attached hydrogens (tertiary/aromatic N) is 1. The average molecular weight is 443 g/mol. The van der Waals surface area contributed by atoms with Gasteiger partial charge in [-0.2, -0.15) is 5.10 Å². The second-order valence-corrected chi connectivity index (χ2v) is 6.83. The highest BCUT2D eigenvalue weighted by Crippen LogP contribution is 2.22. The maximum atomic E-state index is 12.3. The lowest BCUT2D eigenvalue weighted by atomic mass is 10.2. The van der Waals surface area contributed by atoms with E-state index in [1.165, 1.54) is 24.4 Å². The first kappa shape index (κ1) is 21.4. The Morgan fingerprint density at radius 3 is 2.33 bits per heavy atom. The predicted octanol–water partition coefficient (Wildman–Crippen LogP) is 4.99. The highest BCUT2D eigenvalue weighted by Gasteiger charge is 2.09. The van der Waals surface area contributed by atoms with Crippen LogP contribution in [0.3, 0.4) is 0 Å². The molecule has 0 unspecified atom stereocenters. The third kappa shape index (κ3) is 5.59. The van der Waals surface area contributed by atoms with Gasteiger partial charge < -0.3 is 9.47 Å². The number of carbonyl (C=O) groups is 2. The lowest BCUT2D eigenvalue weighted by Gasteiger charge is -2.06. The Balaban J connectivity index is 1.62. The van der Waals surface area contributed by atoms with Crippen LogP contribution in [0.4, 0.5) is 0 Å². The summed E-state index contributed by atoms with van der Waals surface area (Å²) in [6.07, 6.45) is 1.43. The Morgan fingerprint density at radius 1 is 0.900 bits per heavy atom. The maximum absolute atomic E-state index is 12.3. The van der Waals surface area contributed by atoms with Gasteiger partial charge in [-0.15, -0.1) is 0 Å². The van der Waals surface area contributed by atoms with Crippen LogP contribution in [-0.4, -0.2) is 25.2 Å². The van der Waals surface area contributed by atoms with Crippen LogP contribution in [0.1, 0.15) is 26.3 Å². The van der Waals surface area contributed by atoms with Gasteiger partial charge in [0.05, 0.1) is 28.9 Å². The molecule has 0 aliphatic rings. The molecule has 0 fully saturated rings. The van der Waals surface area contributed by atoms with Gasteiger partial charge in [0.15, 0.2) is 0 Å². The first-order valence-corrected chi connectivity index (χ1v) is 9.46. The number of benzene rings is 3. The van der Waals surface area contributed by atoms with Gasteiger partial charge in [-0.05, 0) is 60.2 Å². The highest BCUT2D eigenvalue weighted by molar-refractivity contribution is 6.42. The second kappa shape index (κ2) is 9.91. The highest BCUT2D eigenvalue weighted by atomic mass is 35.5. The van der Waals surface area contributed by atoms with Gasteiger partial charge in [-0.25, -0.2) is 10.2 Å². The summed E-state index contributed by atoms with van der Waals surface area (Å²) >= 11 is 11.7. The van der Waals surface area contributed by atoms with Crippen LogP contribution >= 0.6 is 23.2 Å². The molecule has 152 valence electrons. The first-order valence-electron chi connectivity index (χ1n) is 8.71. The number of hydrazone groups is 1. The van der Waals surface area contributed by atoms with E-state index in [0.717, 1.165) is 0 Å². The third-order valence-electron chi connectivity index (χ3n) is 3.96. The van der Waals surface area contributed by atoms with Crippen molar-refractivity contribution in [1.29, 1.82) is 0 Å². The van der Waals surface area contributed by atoms with Gasteiger partial charge >= 0.3 is 5.97 Å². The van der Waals surface area contributed by atoms with E-state index < -0.39 is 11.9 Å². The summed E-state index contributed by atoms with van der Waals surface area (Å²) in [6.45, 7) is 0. The zero-order valence-corrected chi connectivity index (χ0v) is 17.3. The summed E-state index contributed by atoms with van der Waals surface area (Å²) in [5, 5.41) is 4.55. The lowest BCUT2D eigenvalue weighted by Crippen LogP contribution is -2.17. The van der Waals surface area contributed by atoms with Crippen LogP contribution in [0.5, 0.6) is 11.5 Å². The Hall–Kier alpha value is -3.35. The summed E-state index contributed by atoms with van der Waals surface area (Å²) in [4.78, 5) is 24.4. The molecular formula is C22H16Cl2N2O4. The molecule has 0 saturated heterocycles. The largest absolute Gasteiger partial charge is 0.497 e. The number of amides is 1. The Morgan fingerprint density at radius 2 is 1.63 bits per heavy atom. The number of methoxy groups -OCH3 is 1. The van der Waals surface area contributed by atoms with Crippen molar-refractivity contribution in [2.75, 3.05) is 7.11 Å². The van der Waals surface area contributed by atoms with E-state index >= 15 is 0 Å². The van der Waals surface area contributed by atoms with Gasteiger partial charge in [0.25, 0.3) is 5.91 Å². The molecule has 3 aromatic carbocycles. The number of rotatable bonds is 6. The number of carbonyl (C=O) groups excluding carboxylic acids is 2. The van der Waals surface area contributed by atoms with Crippen molar-refractivity contribution in [2.24, 2.45) is 5.10 Å². The third-order valence-corrected chi connectivity index (χ3v) is 4.69. The van der Waals surface area contributed by atoms with Crippen LogP contribution in [0, 0.1) is 0 Å². The SMILES string of the molecule is COc1ccc(C(=O)Oc2cccc(/C=N/NC(=O)c3ccc(Cl)c(Cl)c3)c2)cc1. The van der Waals surface area contributed by atoms with Crippen molar-refractivity contribution in [2.45, 2.75) is 0 Å². The molecule has 0 atom stereocenters. The van der Waals surface area contributed by atoms with Crippen molar-refractivity contribution in [3.8, 4) is 11.5 Å². The summed E-state index contributed by atoms with van der Waals surface area (Å²) in [7, 11) is 1.55. The average Bonchev–Trinajstić information content (AvgIpc) is 2.76. The van der Waals surface area contributed by atoms with E-state index in [9.17, 15) is 9.59 Å². The number of hydrogen-bond donors (Lipinski definition) is 1. The molecule has 0 aliphatic heterocycles. The van der Waals surface area contributed by atoms with Gasteiger partial charge in [-0.3, -0.25) is 4.79 Å². The summed E-state index contributed by atoms with van der Waals surface area (Å²) in [5.74, 6) is 0.0508. The van der Waals surface area contributed by atoms with Gasteiger partial charge in [0.2, 0.25) is 0 Å². The van der Waals surface area contributed by atoms with Gasteiger partial charge in [0, 0.05) is 5.56 Å². The second-order valence-electron chi connectivity index (χ2n) is 6.02. The summed E-state index contributed by atoms with van der Waals surface area (Å²) in [5.41, 5.74) is 3.74. The molecule has 0 bridgehead atoms. The van der Waals surface area contributed by atoms with Crippen LogP contribution in [0.2, 0.25) is 10.0 Å². The number of ether oxygens (including phenoxy) is 2. The molecule has 3 rings (SSSR count). The van der Waals surface area contributed by atoms with E-state index in [1.54, 1.807) is 55.6 Å². The summed E-state index contributed by atoms with van der Waals surface area (Å²) < 4.78 is 10.4. The monoisotopic (exact) mass is 442 g/mol. The Kier molecular flexibility index (Phi) is 7.06. The quantitative estimate of drug-likeness (QED) is 0.252. The smallest absolute Gasteiger partial charge is 0.343 e. The van der Waals surface area contributed by atoms with Crippen molar-refractivity contribution in [1.82, 2.24) is 5.43 Å². The molecule has 3 aromatic rings. The van der Waals surface area contributed by atoms with Crippen LogP contribution < -0.4 is 14.9 Å². The molecule has 0 aliphatic carbocycles. The van der Waals surface area contributed by atoms with Gasteiger partial charge in [-0.1, -0.05) is 35.3 Å². The number of halogens is 2. The number of esters is 1. The minimum absolute atomic E-state index is 0.277. The van der Waals surface area contributed by atoms with E-state index in [-0.39, 0.29) is 5.02 Å². The fraction of sp³-hybridized carbons (Fsp3) is 0.0455. The molecule has 0 spiro atoms. The van der Waals surface area contributed by atoms with Crippen LogP contribution in [-0.2, 0) is 0 Å². The Bertz CT molecular complexity index is 1100. The van der Waals surface area contributed by atoms with E-state index in [1.807, 2.05) is 0 Å². The molecular weight excluding hydrogens is 427 g/mol. The minimum atomic E-state index is -0.500. The minimum Gasteiger partial charge on any atom is -0.497 e. The molecule has 0 heterocycles. The molecule has 0 aromatic heterocycles. The van der Waals surface area contributed by atoms with Crippen molar-refractivity contribution >= 4 is 41.3 Å². The fourth-order valence-corrected chi connectivity index (χ4v) is 2.72. The molecule has 1 amide bonds. The molecule has 8 heteroatoms. The molecule has 30 heavy (non-hydrogen) atoms. The fourth-order valence-electron chi connectivity index (χ4n) is 2.42. The van der Waals surface area contributed by atoms with E-state index in [0.29, 0.717) is 33.2 Å². The Labute approximate surface area is 183 Å². The van der Waals surface area contributed by atoms with Crippen molar-refractivity contribution < 1.29 is 19.1 Å². The van der Waals surface area contributed by atoms with Crippen LogP contribution in [0.15, 0.2) is 71.8 Å². The van der Waals surface area contributed by atoms with Crippen LogP contribution in [0.25, 0.3) is 0 Å². The topological polar surface area (TPSA) is 77.0 Å². The maximum Gasteiger partial charge on any atom is 0.343 e. The zero-order chi connectivity index (χ0) is 21.5. The van der Waals surface area contributed by atoms with Crippen molar-refractivity contribution in [3.63, 3.8) is 0 Å². The predicted molar refractivity (Wildman–Crippen MR) is 116 cm³/mol.